The first-order chi connectivity index (χ1) is 7.34. The highest BCUT2D eigenvalue weighted by molar-refractivity contribution is 4.81. The molecule has 3 unspecified atom stereocenters. The summed E-state index contributed by atoms with van der Waals surface area (Å²) in [4.78, 5) is 1.92. The van der Waals surface area contributed by atoms with Crippen molar-refractivity contribution >= 4 is 0 Å². The van der Waals surface area contributed by atoms with Crippen LogP contribution < -0.4 is 5.73 Å². The minimum Gasteiger partial charge on any atom is -0.330 e. The van der Waals surface area contributed by atoms with Crippen LogP contribution in [0, 0.1) is 11.8 Å². The minimum absolute atomic E-state index is 0.0495. The first-order valence-electron chi connectivity index (χ1n) is 5.85. The second kappa shape index (κ2) is 5.36. The second-order valence-electron chi connectivity index (χ2n) is 4.95. The van der Waals surface area contributed by atoms with Crippen molar-refractivity contribution in [1.29, 1.82) is 0 Å². The van der Waals surface area contributed by atoms with Crippen LogP contribution in [0.2, 0.25) is 0 Å². The molecule has 1 heterocycles. The van der Waals surface area contributed by atoms with Gasteiger partial charge in [-0.05, 0) is 32.2 Å². The Morgan fingerprint density at radius 1 is 1.38 bits per heavy atom. The normalized spacial score (nSPS) is 30.4. The Morgan fingerprint density at radius 3 is 2.44 bits per heavy atom. The second-order valence-corrected chi connectivity index (χ2v) is 4.95. The molecular weight excluding hydrogens is 217 g/mol. The minimum atomic E-state index is -4.17. The third kappa shape index (κ3) is 3.63. The molecule has 2 nitrogen and oxygen atoms in total. The van der Waals surface area contributed by atoms with Crippen molar-refractivity contribution in [2.24, 2.45) is 17.6 Å². The fraction of sp³-hybridized carbons (Fsp3) is 1.00. The van der Waals surface area contributed by atoms with E-state index in [0.29, 0.717) is 5.92 Å². The lowest BCUT2D eigenvalue weighted by atomic mass is 9.92. The molecule has 1 aliphatic rings. The van der Waals surface area contributed by atoms with Gasteiger partial charge in [0.15, 0.2) is 0 Å². The molecular formula is C11H21F3N2. The number of halogens is 3. The summed E-state index contributed by atoms with van der Waals surface area (Å²) in [5.74, 6) is -0.767. The van der Waals surface area contributed by atoms with E-state index in [1.165, 1.54) is 0 Å². The summed E-state index contributed by atoms with van der Waals surface area (Å²) in [6.07, 6.45) is -2.20. The van der Waals surface area contributed by atoms with E-state index < -0.39 is 12.1 Å². The molecule has 0 aromatic carbocycles. The molecule has 1 aliphatic heterocycles. The zero-order valence-electron chi connectivity index (χ0n) is 9.93. The van der Waals surface area contributed by atoms with Crippen LogP contribution in [0.1, 0.15) is 26.7 Å². The maximum absolute atomic E-state index is 12.6. The van der Waals surface area contributed by atoms with Crippen LogP contribution in [0.3, 0.4) is 0 Å². The summed E-state index contributed by atoms with van der Waals surface area (Å²) < 4.78 is 37.7. The van der Waals surface area contributed by atoms with Gasteiger partial charge in [0.05, 0.1) is 5.92 Å². The number of hydrogen-bond acceptors (Lipinski definition) is 2. The molecule has 0 amide bonds. The van der Waals surface area contributed by atoms with Crippen LogP contribution in [0.15, 0.2) is 0 Å². The van der Waals surface area contributed by atoms with E-state index in [4.69, 9.17) is 5.73 Å². The number of rotatable bonds is 3. The average molecular weight is 238 g/mol. The molecule has 96 valence electrons. The van der Waals surface area contributed by atoms with Crippen LogP contribution in [-0.4, -0.2) is 36.8 Å². The fourth-order valence-electron chi connectivity index (χ4n) is 2.32. The Morgan fingerprint density at radius 2 is 2.00 bits per heavy atom. The molecule has 2 N–H and O–H groups in total. The topological polar surface area (TPSA) is 29.3 Å². The molecule has 1 saturated heterocycles. The molecule has 0 aromatic heterocycles. The van der Waals surface area contributed by atoms with Crippen molar-refractivity contribution in [2.45, 2.75) is 38.9 Å². The number of nitrogens with zero attached hydrogens (tertiary/aromatic N) is 1. The van der Waals surface area contributed by atoms with E-state index in [1.807, 2.05) is 11.8 Å². The van der Waals surface area contributed by atoms with Gasteiger partial charge in [0, 0.05) is 19.1 Å². The largest absolute Gasteiger partial charge is 0.394 e. The van der Waals surface area contributed by atoms with Gasteiger partial charge in [-0.3, -0.25) is 4.90 Å². The highest BCUT2D eigenvalue weighted by Crippen LogP contribution is 2.29. The SMILES string of the molecule is CC1CCN(CC(CN)C(F)(F)F)C(C)C1. The molecule has 3 atom stereocenters. The Balaban J connectivity index is 2.52. The quantitative estimate of drug-likeness (QED) is 0.817. The van der Waals surface area contributed by atoms with Crippen LogP contribution in [-0.2, 0) is 0 Å². The zero-order valence-corrected chi connectivity index (χ0v) is 9.93. The smallest absolute Gasteiger partial charge is 0.330 e. The Hall–Kier alpha value is -0.290. The van der Waals surface area contributed by atoms with Crippen molar-refractivity contribution in [3.8, 4) is 0 Å². The first-order valence-corrected chi connectivity index (χ1v) is 5.85. The number of piperidine rings is 1. The Kier molecular flexibility index (Phi) is 4.62. The summed E-state index contributed by atoms with van der Waals surface area (Å²) in [7, 11) is 0. The Bertz CT molecular complexity index is 218. The van der Waals surface area contributed by atoms with E-state index in [9.17, 15) is 13.2 Å². The van der Waals surface area contributed by atoms with Gasteiger partial charge in [-0.2, -0.15) is 13.2 Å². The summed E-state index contributed by atoms with van der Waals surface area (Å²) in [5, 5.41) is 0. The van der Waals surface area contributed by atoms with Crippen molar-refractivity contribution in [1.82, 2.24) is 4.90 Å². The van der Waals surface area contributed by atoms with Gasteiger partial charge in [-0.1, -0.05) is 6.92 Å². The van der Waals surface area contributed by atoms with Crippen molar-refractivity contribution < 1.29 is 13.2 Å². The van der Waals surface area contributed by atoms with E-state index in [0.717, 1.165) is 19.4 Å². The maximum Gasteiger partial charge on any atom is 0.394 e. The number of hydrogen-bond donors (Lipinski definition) is 1. The highest BCUT2D eigenvalue weighted by Gasteiger charge is 2.40. The maximum atomic E-state index is 12.6. The summed E-state index contributed by atoms with van der Waals surface area (Å²) in [5.41, 5.74) is 5.20. The Labute approximate surface area is 95.0 Å². The first kappa shape index (κ1) is 13.8. The van der Waals surface area contributed by atoms with E-state index in [-0.39, 0.29) is 19.1 Å². The summed E-state index contributed by atoms with van der Waals surface area (Å²) in [6, 6.07) is 0.236. The fourth-order valence-corrected chi connectivity index (χ4v) is 2.32. The molecule has 0 aromatic rings. The number of likely N-dealkylation sites (tertiary alicyclic amines) is 1. The average Bonchev–Trinajstić information content (AvgIpc) is 2.14. The van der Waals surface area contributed by atoms with Crippen LogP contribution in [0.4, 0.5) is 13.2 Å². The van der Waals surface area contributed by atoms with Crippen molar-refractivity contribution in [3.63, 3.8) is 0 Å². The molecule has 1 fully saturated rings. The zero-order chi connectivity index (χ0) is 12.3. The van der Waals surface area contributed by atoms with Crippen LogP contribution in [0.25, 0.3) is 0 Å². The van der Waals surface area contributed by atoms with Gasteiger partial charge >= 0.3 is 6.18 Å². The van der Waals surface area contributed by atoms with E-state index in [2.05, 4.69) is 6.92 Å². The lowest BCUT2D eigenvalue weighted by molar-refractivity contribution is -0.178. The monoisotopic (exact) mass is 238 g/mol. The van der Waals surface area contributed by atoms with E-state index in [1.54, 1.807) is 0 Å². The van der Waals surface area contributed by atoms with Gasteiger partial charge in [0.1, 0.15) is 0 Å². The van der Waals surface area contributed by atoms with Gasteiger partial charge in [-0.25, -0.2) is 0 Å². The molecule has 1 rings (SSSR count). The van der Waals surface area contributed by atoms with Crippen molar-refractivity contribution in [3.05, 3.63) is 0 Å². The van der Waals surface area contributed by atoms with Gasteiger partial charge in [0.2, 0.25) is 0 Å². The number of alkyl halides is 3. The summed E-state index contributed by atoms with van der Waals surface area (Å²) in [6.45, 7) is 4.64. The van der Waals surface area contributed by atoms with E-state index >= 15 is 0 Å². The predicted molar refractivity (Wildman–Crippen MR) is 58.0 cm³/mol. The molecule has 0 radical (unpaired) electrons. The van der Waals surface area contributed by atoms with Gasteiger partial charge < -0.3 is 5.73 Å². The number of nitrogens with two attached hydrogens (primary N) is 1. The van der Waals surface area contributed by atoms with Gasteiger partial charge in [-0.15, -0.1) is 0 Å². The predicted octanol–water partition coefficient (Wildman–Crippen LogP) is 2.24. The van der Waals surface area contributed by atoms with Crippen molar-refractivity contribution in [2.75, 3.05) is 19.6 Å². The molecule has 5 heteroatoms. The van der Waals surface area contributed by atoms with Gasteiger partial charge in [0.25, 0.3) is 0 Å². The standard InChI is InChI=1S/C11H21F3N2/c1-8-3-4-16(9(2)5-8)7-10(6-15)11(12,13)14/h8-10H,3-7,15H2,1-2H3. The molecule has 0 aliphatic carbocycles. The third-order valence-electron chi connectivity index (χ3n) is 3.48. The molecule has 0 saturated carbocycles. The lowest BCUT2D eigenvalue weighted by Gasteiger charge is -2.38. The lowest BCUT2D eigenvalue weighted by Crippen LogP contribution is -2.47. The molecule has 16 heavy (non-hydrogen) atoms. The molecule has 0 bridgehead atoms. The van der Waals surface area contributed by atoms with Crippen LogP contribution in [0.5, 0.6) is 0 Å². The third-order valence-corrected chi connectivity index (χ3v) is 3.48. The highest BCUT2D eigenvalue weighted by atomic mass is 19.4. The summed E-state index contributed by atoms with van der Waals surface area (Å²) >= 11 is 0. The van der Waals surface area contributed by atoms with Crippen LogP contribution >= 0.6 is 0 Å². The molecule has 0 spiro atoms.